The zero-order chi connectivity index (χ0) is 14.6. The summed E-state index contributed by atoms with van der Waals surface area (Å²) in [5.41, 5.74) is 1.30. The van der Waals surface area contributed by atoms with E-state index in [4.69, 9.17) is 4.74 Å². The predicted octanol–water partition coefficient (Wildman–Crippen LogP) is 5.10. The fourth-order valence-electron chi connectivity index (χ4n) is 2.40. The molecule has 0 spiro atoms. The maximum Gasteiger partial charge on any atom is 0.124 e. The van der Waals surface area contributed by atoms with Crippen LogP contribution in [0.4, 0.5) is 0 Å². The van der Waals surface area contributed by atoms with Gasteiger partial charge in [0.05, 0.1) is 6.61 Å². The highest BCUT2D eigenvalue weighted by Gasteiger charge is 2.13. The van der Waals surface area contributed by atoms with Crippen LogP contribution in [0.3, 0.4) is 0 Å². The molecule has 0 aliphatic heterocycles. The van der Waals surface area contributed by atoms with Crippen molar-refractivity contribution < 1.29 is 4.74 Å². The van der Waals surface area contributed by atoms with E-state index in [1.165, 1.54) is 24.8 Å². The van der Waals surface area contributed by atoms with Crippen molar-refractivity contribution in [1.29, 1.82) is 0 Å². The zero-order valence-electron chi connectivity index (χ0n) is 13.5. The van der Waals surface area contributed by atoms with Gasteiger partial charge in [-0.05, 0) is 31.9 Å². The number of unbranched alkanes of at least 4 members (excludes halogenated alkanes) is 3. The number of rotatable bonds is 11. The lowest BCUT2D eigenvalue weighted by molar-refractivity contribution is 0.298. The third kappa shape index (κ3) is 5.96. The van der Waals surface area contributed by atoms with E-state index >= 15 is 0 Å². The van der Waals surface area contributed by atoms with Crippen molar-refractivity contribution in [2.45, 2.75) is 65.3 Å². The molecule has 0 bridgehead atoms. The molecule has 1 rings (SSSR count). The van der Waals surface area contributed by atoms with Crippen LogP contribution in [0.2, 0.25) is 0 Å². The topological polar surface area (TPSA) is 21.3 Å². The number of hydrogen-bond acceptors (Lipinski definition) is 2. The first-order valence-electron chi connectivity index (χ1n) is 8.28. The maximum absolute atomic E-state index is 6.01. The highest BCUT2D eigenvalue weighted by molar-refractivity contribution is 5.35. The molecule has 1 aromatic carbocycles. The number of ether oxygens (including phenoxy) is 1. The number of benzene rings is 1. The molecule has 1 atom stereocenters. The summed E-state index contributed by atoms with van der Waals surface area (Å²) >= 11 is 0. The zero-order valence-corrected chi connectivity index (χ0v) is 13.5. The molecule has 1 unspecified atom stereocenters. The summed E-state index contributed by atoms with van der Waals surface area (Å²) in [4.78, 5) is 0. The van der Waals surface area contributed by atoms with E-state index in [2.05, 4.69) is 50.4 Å². The van der Waals surface area contributed by atoms with Crippen LogP contribution in [0.15, 0.2) is 24.3 Å². The maximum atomic E-state index is 6.01. The Morgan fingerprint density at radius 3 is 2.50 bits per heavy atom. The van der Waals surface area contributed by atoms with Crippen LogP contribution in [0.1, 0.15) is 70.9 Å². The summed E-state index contributed by atoms with van der Waals surface area (Å²) in [6.07, 6.45) is 7.26. The minimum atomic E-state index is 0.404. The summed E-state index contributed by atoms with van der Waals surface area (Å²) in [5.74, 6) is 1.06. The smallest absolute Gasteiger partial charge is 0.124 e. The average molecular weight is 277 g/mol. The molecule has 1 N–H and O–H groups in total. The minimum Gasteiger partial charge on any atom is -0.493 e. The third-order valence-corrected chi connectivity index (χ3v) is 3.60. The fraction of sp³-hybridized carbons (Fsp3) is 0.667. The Kier molecular flexibility index (Phi) is 9.14. The molecule has 0 aliphatic rings. The molecule has 0 amide bonds. The van der Waals surface area contributed by atoms with Gasteiger partial charge in [-0.25, -0.2) is 0 Å². The molecule has 2 nitrogen and oxygen atoms in total. The number of para-hydroxylation sites is 1. The van der Waals surface area contributed by atoms with Gasteiger partial charge in [-0.3, -0.25) is 0 Å². The van der Waals surface area contributed by atoms with Gasteiger partial charge in [0.15, 0.2) is 0 Å². The van der Waals surface area contributed by atoms with Crippen LogP contribution in [0, 0.1) is 0 Å². The average Bonchev–Trinajstić information content (AvgIpc) is 2.49. The van der Waals surface area contributed by atoms with Crippen LogP contribution >= 0.6 is 0 Å². The fourth-order valence-corrected chi connectivity index (χ4v) is 2.40. The van der Waals surface area contributed by atoms with Gasteiger partial charge in [-0.1, -0.05) is 58.2 Å². The highest BCUT2D eigenvalue weighted by atomic mass is 16.5. The number of hydrogen-bond donors (Lipinski definition) is 1. The van der Waals surface area contributed by atoms with E-state index in [9.17, 15) is 0 Å². The standard InChI is InChI=1S/C18H31NO/c1-4-7-8-11-15-20-18-13-10-9-12-16(18)17(6-3)19-14-5-2/h9-10,12-13,17,19H,4-8,11,14-15H2,1-3H3. The van der Waals surface area contributed by atoms with Crippen LogP contribution < -0.4 is 10.1 Å². The molecule has 0 fully saturated rings. The SMILES string of the molecule is CCCCCCOc1ccccc1C(CC)NCCC. The molecule has 0 aromatic heterocycles. The Morgan fingerprint density at radius 1 is 1.00 bits per heavy atom. The van der Waals surface area contributed by atoms with E-state index in [-0.39, 0.29) is 0 Å². The monoisotopic (exact) mass is 277 g/mol. The van der Waals surface area contributed by atoms with Gasteiger partial charge < -0.3 is 10.1 Å². The summed E-state index contributed by atoms with van der Waals surface area (Å²) in [7, 11) is 0. The molecule has 0 saturated heterocycles. The van der Waals surface area contributed by atoms with Crippen LogP contribution in [-0.2, 0) is 0 Å². The lowest BCUT2D eigenvalue weighted by Gasteiger charge is -2.20. The first kappa shape index (κ1) is 17.0. The molecule has 0 radical (unpaired) electrons. The van der Waals surface area contributed by atoms with Crippen molar-refractivity contribution in [2.75, 3.05) is 13.2 Å². The van der Waals surface area contributed by atoms with Crippen molar-refractivity contribution in [3.63, 3.8) is 0 Å². The van der Waals surface area contributed by atoms with Crippen molar-refractivity contribution in [3.05, 3.63) is 29.8 Å². The Hall–Kier alpha value is -1.02. The third-order valence-electron chi connectivity index (χ3n) is 3.60. The second kappa shape index (κ2) is 10.7. The van der Waals surface area contributed by atoms with E-state index in [0.717, 1.165) is 38.2 Å². The van der Waals surface area contributed by atoms with Gasteiger partial charge in [0.2, 0.25) is 0 Å². The minimum absolute atomic E-state index is 0.404. The summed E-state index contributed by atoms with van der Waals surface area (Å²) < 4.78 is 6.01. The molecule has 0 heterocycles. The second-order valence-corrected chi connectivity index (χ2v) is 5.36. The summed E-state index contributed by atoms with van der Waals surface area (Å²) in [5, 5.41) is 3.61. The lowest BCUT2D eigenvalue weighted by atomic mass is 10.0. The van der Waals surface area contributed by atoms with Gasteiger partial charge in [0.1, 0.15) is 5.75 Å². The van der Waals surface area contributed by atoms with Gasteiger partial charge in [-0.2, -0.15) is 0 Å². The van der Waals surface area contributed by atoms with E-state index in [1.807, 2.05) is 0 Å². The van der Waals surface area contributed by atoms with Gasteiger partial charge >= 0.3 is 0 Å². The molecule has 1 aromatic rings. The predicted molar refractivity (Wildman–Crippen MR) is 87.4 cm³/mol. The molecular formula is C18H31NO. The van der Waals surface area contributed by atoms with E-state index in [1.54, 1.807) is 0 Å². The molecule has 114 valence electrons. The van der Waals surface area contributed by atoms with Gasteiger partial charge in [0.25, 0.3) is 0 Å². The Bertz CT molecular complexity index is 351. The van der Waals surface area contributed by atoms with Gasteiger partial charge in [0, 0.05) is 11.6 Å². The first-order chi connectivity index (χ1) is 9.83. The Morgan fingerprint density at radius 2 is 1.80 bits per heavy atom. The molecule has 0 saturated carbocycles. The summed E-state index contributed by atoms with van der Waals surface area (Å²) in [6.45, 7) is 8.56. The second-order valence-electron chi connectivity index (χ2n) is 5.36. The normalized spacial score (nSPS) is 12.3. The summed E-state index contributed by atoms with van der Waals surface area (Å²) in [6, 6.07) is 8.87. The number of nitrogens with one attached hydrogen (secondary N) is 1. The van der Waals surface area contributed by atoms with Crippen molar-refractivity contribution >= 4 is 0 Å². The molecular weight excluding hydrogens is 246 g/mol. The van der Waals surface area contributed by atoms with Crippen molar-refractivity contribution in [3.8, 4) is 5.75 Å². The van der Waals surface area contributed by atoms with E-state index in [0.29, 0.717) is 6.04 Å². The largest absolute Gasteiger partial charge is 0.493 e. The van der Waals surface area contributed by atoms with Crippen molar-refractivity contribution in [2.24, 2.45) is 0 Å². The van der Waals surface area contributed by atoms with Crippen molar-refractivity contribution in [1.82, 2.24) is 5.32 Å². The molecule has 20 heavy (non-hydrogen) atoms. The van der Waals surface area contributed by atoms with Crippen LogP contribution in [0.5, 0.6) is 5.75 Å². The quantitative estimate of drug-likeness (QED) is 0.568. The first-order valence-corrected chi connectivity index (χ1v) is 8.28. The van der Waals surface area contributed by atoms with Gasteiger partial charge in [-0.15, -0.1) is 0 Å². The molecule has 0 aliphatic carbocycles. The van der Waals surface area contributed by atoms with Crippen LogP contribution in [0.25, 0.3) is 0 Å². The Labute approximate surface area is 124 Å². The molecule has 2 heteroatoms. The van der Waals surface area contributed by atoms with Crippen LogP contribution in [-0.4, -0.2) is 13.2 Å². The lowest BCUT2D eigenvalue weighted by Crippen LogP contribution is -2.22. The van der Waals surface area contributed by atoms with E-state index < -0.39 is 0 Å². The Balaban J connectivity index is 2.57. The highest BCUT2D eigenvalue weighted by Crippen LogP contribution is 2.27.